The van der Waals surface area contributed by atoms with Crippen molar-refractivity contribution in [3.05, 3.63) is 40.5 Å². The molecule has 148 valence electrons. The standard InChI is InChI=1S/C23H35BrN2Si/c1-16(2)27(17(3)4,18(5)6)26-15-22(19-10-12-25(7)13-11-19)21-14-20(24)8-9-23(21)26/h8-10,14-18H,11-13H2,1-7H3. The molecule has 0 N–H and O–H groups in total. The summed E-state index contributed by atoms with van der Waals surface area (Å²) < 4.78 is 3.94. The molecular formula is C23H35BrN2Si. The van der Waals surface area contributed by atoms with E-state index in [2.05, 4.69) is 104 Å². The lowest BCUT2D eigenvalue weighted by Crippen LogP contribution is -2.51. The molecule has 0 spiro atoms. The number of benzene rings is 1. The first-order chi connectivity index (χ1) is 12.7. The van der Waals surface area contributed by atoms with Crippen LogP contribution in [0.3, 0.4) is 0 Å². The predicted octanol–water partition coefficient (Wildman–Crippen LogP) is 7.15. The molecule has 4 heteroatoms. The Labute approximate surface area is 174 Å². The second kappa shape index (κ2) is 7.88. The van der Waals surface area contributed by atoms with Gasteiger partial charge < -0.3 is 9.13 Å². The Morgan fingerprint density at radius 1 is 1.00 bits per heavy atom. The molecule has 2 nitrogen and oxygen atoms in total. The Morgan fingerprint density at radius 3 is 2.15 bits per heavy atom. The number of likely N-dealkylation sites (N-methyl/N-ethyl adjacent to an activating group) is 1. The highest BCUT2D eigenvalue weighted by Crippen LogP contribution is 2.46. The molecule has 0 aliphatic carbocycles. The van der Waals surface area contributed by atoms with Crippen LogP contribution in [0.25, 0.3) is 16.5 Å². The van der Waals surface area contributed by atoms with E-state index < -0.39 is 8.24 Å². The van der Waals surface area contributed by atoms with Gasteiger partial charge in [-0.15, -0.1) is 0 Å². The third-order valence-electron chi connectivity index (χ3n) is 6.72. The maximum atomic E-state index is 3.72. The number of fused-ring (bicyclic) bond motifs is 1. The lowest BCUT2D eigenvalue weighted by Gasteiger charge is -2.44. The van der Waals surface area contributed by atoms with E-state index in [1.54, 1.807) is 0 Å². The maximum Gasteiger partial charge on any atom is 0.169 e. The summed E-state index contributed by atoms with van der Waals surface area (Å²) in [6.07, 6.45) is 6.11. The van der Waals surface area contributed by atoms with E-state index in [9.17, 15) is 0 Å². The number of rotatable bonds is 5. The third kappa shape index (κ3) is 3.49. The summed E-state index contributed by atoms with van der Waals surface area (Å²) in [4.78, 5) is 2.40. The van der Waals surface area contributed by atoms with E-state index in [-0.39, 0.29) is 0 Å². The first kappa shape index (κ1) is 20.9. The van der Waals surface area contributed by atoms with Crippen molar-refractivity contribution >= 4 is 40.6 Å². The van der Waals surface area contributed by atoms with Crippen LogP contribution in [-0.4, -0.2) is 37.5 Å². The van der Waals surface area contributed by atoms with Crippen LogP contribution in [0.5, 0.6) is 0 Å². The fraction of sp³-hybridized carbons (Fsp3) is 0.565. The zero-order valence-electron chi connectivity index (χ0n) is 18.0. The molecule has 2 aromatic rings. The van der Waals surface area contributed by atoms with Gasteiger partial charge in [0.05, 0.1) is 0 Å². The topological polar surface area (TPSA) is 8.17 Å². The molecule has 0 fully saturated rings. The summed E-state index contributed by atoms with van der Waals surface area (Å²) in [5.74, 6) is 0. The van der Waals surface area contributed by atoms with Gasteiger partial charge in [-0.2, -0.15) is 0 Å². The fourth-order valence-electron chi connectivity index (χ4n) is 5.63. The van der Waals surface area contributed by atoms with Crippen molar-refractivity contribution in [3.63, 3.8) is 0 Å². The Hall–Kier alpha value is -0.843. The van der Waals surface area contributed by atoms with Gasteiger partial charge in [0.25, 0.3) is 0 Å². The molecule has 1 aromatic carbocycles. The summed E-state index contributed by atoms with van der Waals surface area (Å²) in [6.45, 7) is 16.9. The smallest absolute Gasteiger partial charge is 0.169 e. The van der Waals surface area contributed by atoms with E-state index in [0.717, 1.165) is 19.5 Å². The average Bonchev–Trinajstić information content (AvgIpc) is 2.94. The summed E-state index contributed by atoms with van der Waals surface area (Å²) in [5, 5.41) is 1.42. The van der Waals surface area contributed by atoms with Gasteiger partial charge in [0.1, 0.15) is 0 Å². The van der Waals surface area contributed by atoms with Crippen LogP contribution < -0.4 is 0 Å². The van der Waals surface area contributed by atoms with Crippen LogP contribution in [0.1, 0.15) is 53.5 Å². The van der Waals surface area contributed by atoms with E-state index in [4.69, 9.17) is 0 Å². The van der Waals surface area contributed by atoms with Gasteiger partial charge in [0.2, 0.25) is 0 Å². The zero-order valence-corrected chi connectivity index (χ0v) is 20.6. The molecule has 0 unspecified atom stereocenters. The second-order valence-electron chi connectivity index (χ2n) is 9.17. The van der Waals surface area contributed by atoms with Gasteiger partial charge in [-0.1, -0.05) is 63.5 Å². The van der Waals surface area contributed by atoms with Crippen LogP contribution in [-0.2, 0) is 0 Å². The fourth-order valence-corrected chi connectivity index (χ4v) is 12.6. The van der Waals surface area contributed by atoms with E-state index in [1.165, 1.54) is 26.5 Å². The minimum Gasteiger partial charge on any atom is -0.373 e. The van der Waals surface area contributed by atoms with Crippen molar-refractivity contribution in [1.29, 1.82) is 0 Å². The highest BCUT2D eigenvalue weighted by Gasteiger charge is 2.46. The summed E-state index contributed by atoms with van der Waals surface area (Å²) in [5.41, 5.74) is 6.48. The van der Waals surface area contributed by atoms with Gasteiger partial charge in [-0.05, 0) is 53.9 Å². The Bertz CT molecular complexity index is 826. The summed E-state index contributed by atoms with van der Waals surface area (Å²) >= 11 is 3.72. The summed E-state index contributed by atoms with van der Waals surface area (Å²) in [7, 11) is 0.432. The van der Waals surface area contributed by atoms with Gasteiger partial charge in [0.15, 0.2) is 8.24 Å². The molecule has 1 aromatic heterocycles. The highest BCUT2D eigenvalue weighted by molar-refractivity contribution is 9.10. The van der Waals surface area contributed by atoms with Crippen LogP contribution in [0, 0.1) is 0 Å². The molecule has 1 aliphatic rings. The van der Waals surface area contributed by atoms with Crippen molar-refractivity contribution in [2.24, 2.45) is 0 Å². The quantitative estimate of drug-likeness (QED) is 0.442. The van der Waals surface area contributed by atoms with E-state index >= 15 is 0 Å². The first-order valence-electron chi connectivity index (χ1n) is 10.4. The zero-order chi connectivity index (χ0) is 19.9. The van der Waals surface area contributed by atoms with Crippen LogP contribution in [0.15, 0.2) is 34.9 Å². The molecule has 2 heterocycles. The first-order valence-corrected chi connectivity index (χ1v) is 13.4. The van der Waals surface area contributed by atoms with Crippen LogP contribution in [0.4, 0.5) is 0 Å². The van der Waals surface area contributed by atoms with E-state index in [0.29, 0.717) is 16.6 Å². The molecule has 0 amide bonds. The molecule has 0 radical (unpaired) electrons. The summed E-state index contributed by atoms with van der Waals surface area (Å²) in [6, 6.07) is 6.89. The van der Waals surface area contributed by atoms with Crippen molar-refractivity contribution in [3.8, 4) is 0 Å². The Morgan fingerprint density at radius 2 is 1.63 bits per heavy atom. The predicted molar refractivity (Wildman–Crippen MR) is 126 cm³/mol. The van der Waals surface area contributed by atoms with Gasteiger partial charge in [-0.3, -0.25) is 0 Å². The molecule has 1 aliphatic heterocycles. The SMILES string of the molecule is CC(C)[Si](C(C)C)(C(C)C)n1cc(C2=CCN(C)CC2)c2cc(Br)ccc21. The average molecular weight is 448 g/mol. The number of nitrogens with zero attached hydrogens (tertiary/aromatic N) is 2. The lowest BCUT2D eigenvalue weighted by atomic mass is 9.99. The van der Waals surface area contributed by atoms with Gasteiger partial charge >= 0.3 is 0 Å². The van der Waals surface area contributed by atoms with E-state index in [1.807, 2.05) is 0 Å². The molecule has 0 atom stereocenters. The largest absolute Gasteiger partial charge is 0.373 e. The molecule has 0 bridgehead atoms. The highest BCUT2D eigenvalue weighted by atomic mass is 79.9. The van der Waals surface area contributed by atoms with Crippen molar-refractivity contribution in [2.75, 3.05) is 20.1 Å². The van der Waals surface area contributed by atoms with Crippen LogP contribution >= 0.6 is 15.9 Å². The second-order valence-corrected chi connectivity index (χ2v) is 15.8. The number of halogens is 1. The third-order valence-corrected chi connectivity index (χ3v) is 14.0. The lowest BCUT2D eigenvalue weighted by molar-refractivity contribution is 0.370. The van der Waals surface area contributed by atoms with Gasteiger partial charge in [-0.25, -0.2) is 0 Å². The van der Waals surface area contributed by atoms with Crippen molar-refractivity contribution in [1.82, 2.24) is 9.13 Å². The Kier molecular flexibility index (Phi) is 6.10. The molecular weight excluding hydrogens is 412 g/mol. The maximum absolute atomic E-state index is 3.72. The van der Waals surface area contributed by atoms with Crippen LogP contribution in [0.2, 0.25) is 16.6 Å². The number of hydrogen-bond donors (Lipinski definition) is 0. The van der Waals surface area contributed by atoms with Gasteiger partial charge in [0, 0.05) is 40.2 Å². The van der Waals surface area contributed by atoms with Crippen molar-refractivity contribution < 1.29 is 0 Å². The molecule has 3 rings (SSSR count). The molecule has 27 heavy (non-hydrogen) atoms. The monoisotopic (exact) mass is 446 g/mol. The molecule has 0 saturated carbocycles. The minimum atomic E-state index is -1.78. The normalized spacial score (nSPS) is 16.8. The minimum absolute atomic E-state index is 0.691. The Balaban J connectivity index is 2.31. The molecule has 0 saturated heterocycles. The number of hydrogen-bond acceptors (Lipinski definition) is 1. The van der Waals surface area contributed by atoms with Crippen molar-refractivity contribution in [2.45, 2.75) is 64.6 Å². The number of aromatic nitrogens is 1.